The maximum Gasteiger partial charge on any atom is 0.308 e. The number of piperidine rings is 1. The number of aromatic nitrogens is 1. The molecule has 7 heteroatoms. The lowest BCUT2D eigenvalue weighted by molar-refractivity contribution is -0.146. The van der Waals surface area contributed by atoms with Gasteiger partial charge in [-0.15, -0.1) is 11.3 Å². The number of methoxy groups -OCH3 is 1. The van der Waals surface area contributed by atoms with Gasteiger partial charge in [0.15, 0.2) is 0 Å². The number of thiophene rings is 1. The summed E-state index contributed by atoms with van der Waals surface area (Å²) in [5.74, 6) is -0.529. The number of carboxylic acid groups (broad SMARTS) is 1. The quantitative estimate of drug-likeness (QED) is 0.331. The molecule has 3 atom stereocenters. The van der Waals surface area contributed by atoms with Crippen LogP contribution in [0.2, 0.25) is 0 Å². The molecule has 0 spiro atoms. The minimum Gasteiger partial charge on any atom is -0.497 e. The molecule has 1 aliphatic rings. The fraction of sp³-hybridized carbons (Fsp3) is 0.481. The van der Waals surface area contributed by atoms with Gasteiger partial charge in [-0.1, -0.05) is 6.07 Å². The van der Waals surface area contributed by atoms with E-state index in [4.69, 9.17) is 4.74 Å². The predicted octanol–water partition coefficient (Wildman–Crippen LogP) is 6.14. The number of nitrogens with zero attached hydrogens (tertiary/aromatic N) is 2. The fourth-order valence-corrected chi connectivity index (χ4v) is 5.80. The number of ether oxygens (including phenoxy) is 1. The summed E-state index contributed by atoms with van der Waals surface area (Å²) in [7, 11) is 1.59. The van der Waals surface area contributed by atoms with Gasteiger partial charge in [-0.05, 0) is 98.8 Å². The van der Waals surface area contributed by atoms with Crippen LogP contribution in [0, 0.1) is 11.8 Å². The molecular weight excluding hydrogens is 451 g/mol. The standard InChI is InChI=1S/C27H33FN2O3S/c1-33-20-8-10-26-23(17-20)22(11-13-29-26)25(28)9-7-19-12-15-30(18-24(19)27(31)32)14-3-2-5-21-6-4-16-34-21/h4,6,8,10-11,13,16-17,19,24-25H,2-3,5,7,9,12,14-15,18H2,1H3,(H,31,32)/t19-,24+,25+/m1/s1. The molecule has 3 aromatic rings. The Morgan fingerprint density at radius 2 is 2.21 bits per heavy atom. The van der Waals surface area contributed by atoms with Crippen LogP contribution in [0.3, 0.4) is 0 Å². The Balaban J connectivity index is 1.31. The van der Waals surface area contributed by atoms with Gasteiger partial charge in [-0.2, -0.15) is 0 Å². The minimum atomic E-state index is -1.16. The Morgan fingerprint density at radius 1 is 1.32 bits per heavy atom. The lowest BCUT2D eigenvalue weighted by Crippen LogP contribution is -2.44. The van der Waals surface area contributed by atoms with Crippen molar-refractivity contribution in [3.8, 4) is 5.75 Å². The summed E-state index contributed by atoms with van der Waals surface area (Å²) in [6.07, 6.45) is 5.43. The number of unbranched alkanes of at least 4 members (excludes halogenated alkanes) is 1. The molecule has 0 bridgehead atoms. The van der Waals surface area contributed by atoms with Crippen LogP contribution in [0.4, 0.5) is 4.39 Å². The second-order valence-corrected chi connectivity index (χ2v) is 10.2. The molecule has 1 aromatic carbocycles. The number of fused-ring (bicyclic) bond motifs is 1. The van der Waals surface area contributed by atoms with Crippen molar-refractivity contribution in [1.29, 1.82) is 0 Å². The average Bonchev–Trinajstić information content (AvgIpc) is 3.38. The maximum absolute atomic E-state index is 15.4. The number of benzene rings is 1. The molecule has 2 aromatic heterocycles. The number of hydrogen-bond acceptors (Lipinski definition) is 5. The van der Waals surface area contributed by atoms with Gasteiger partial charge < -0.3 is 14.7 Å². The first kappa shape index (κ1) is 24.6. The third-order valence-corrected chi connectivity index (χ3v) is 7.93. The van der Waals surface area contributed by atoms with Crippen LogP contribution in [0.15, 0.2) is 48.0 Å². The molecule has 0 saturated carbocycles. The van der Waals surface area contributed by atoms with Crippen molar-refractivity contribution >= 4 is 28.2 Å². The topological polar surface area (TPSA) is 62.7 Å². The first-order valence-corrected chi connectivity index (χ1v) is 13.0. The second kappa shape index (κ2) is 11.8. The SMILES string of the molecule is COc1ccc2nccc([C@@H](F)CC[C@@H]3CCN(CCCCc4cccs4)C[C@@H]3C(=O)O)c2c1. The highest BCUT2D eigenvalue weighted by Crippen LogP contribution is 2.35. The highest BCUT2D eigenvalue weighted by Gasteiger charge is 2.34. The van der Waals surface area contributed by atoms with Gasteiger partial charge in [-0.25, -0.2) is 4.39 Å². The molecule has 182 valence electrons. The van der Waals surface area contributed by atoms with Crippen LogP contribution in [0.25, 0.3) is 10.9 Å². The van der Waals surface area contributed by atoms with Crippen molar-refractivity contribution in [2.75, 3.05) is 26.7 Å². The fourth-order valence-electron chi connectivity index (χ4n) is 5.05. The van der Waals surface area contributed by atoms with E-state index in [1.54, 1.807) is 30.7 Å². The average molecular weight is 485 g/mol. The smallest absolute Gasteiger partial charge is 0.308 e. The number of carboxylic acids is 1. The molecule has 4 rings (SSSR count). The van der Waals surface area contributed by atoms with Crippen LogP contribution in [-0.4, -0.2) is 47.7 Å². The van der Waals surface area contributed by atoms with Crippen LogP contribution in [0.5, 0.6) is 5.75 Å². The lowest BCUT2D eigenvalue weighted by atomic mass is 9.81. The number of aliphatic carboxylic acids is 1. The predicted molar refractivity (Wildman–Crippen MR) is 134 cm³/mol. The zero-order chi connectivity index (χ0) is 23.9. The summed E-state index contributed by atoms with van der Waals surface area (Å²) in [6, 6.07) is 11.4. The van der Waals surface area contributed by atoms with Crippen molar-refractivity contribution in [2.45, 2.75) is 44.7 Å². The van der Waals surface area contributed by atoms with E-state index in [1.165, 1.54) is 4.88 Å². The van der Waals surface area contributed by atoms with E-state index in [-0.39, 0.29) is 5.92 Å². The first-order valence-electron chi connectivity index (χ1n) is 12.1. The largest absolute Gasteiger partial charge is 0.497 e. The van der Waals surface area contributed by atoms with Gasteiger partial charge in [0.05, 0.1) is 18.5 Å². The van der Waals surface area contributed by atoms with Crippen LogP contribution >= 0.6 is 11.3 Å². The number of rotatable bonds is 11. The molecule has 1 aliphatic heterocycles. The Labute approximate surface area is 204 Å². The van der Waals surface area contributed by atoms with Crippen molar-refractivity contribution in [1.82, 2.24) is 9.88 Å². The monoisotopic (exact) mass is 484 g/mol. The molecule has 0 radical (unpaired) electrons. The first-order chi connectivity index (χ1) is 16.5. The molecule has 5 nitrogen and oxygen atoms in total. The van der Waals surface area contributed by atoms with Gasteiger partial charge in [-0.3, -0.25) is 9.78 Å². The Hall–Kier alpha value is -2.51. The van der Waals surface area contributed by atoms with E-state index in [1.807, 2.05) is 18.2 Å². The summed E-state index contributed by atoms with van der Waals surface area (Å²) < 4.78 is 20.7. The van der Waals surface area contributed by atoms with E-state index >= 15 is 4.39 Å². The molecule has 0 amide bonds. The van der Waals surface area contributed by atoms with E-state index < -0.39 is 18.1 Å². The van der Waals surface area contributed by atoms with E-state index in [0.29, 0.717) is 30.7 Å². The Bertz CT molecular complexity index is 1070. The summed E-state index contributed by atoms with van der Waals surface area (Å²) in [5, 5.41) is 12.7. The summed E-state index contributed by atoms with van der Waals surface area (Å²) >= 11 is 1.79. The van der Waals surface area contributed by atoms with Gasteiger partial charge in [0.2, 0.25) is 0 Å². The van der Waals surface area contributed by atoms with Gasteiger partial charge >= 0.3 is 5.97 Å². The molecule has 1 fully saturated rings. The molecule has 1 N–H and O–H groups in total. The summed E-state index contributed by atoms with van der Waals surface area (Å²) in [6.45, 7) is 2.38. The van der Waals surface area contributed by atoms with Crippen molar-refractivity contribution in [3.05, 3.63) is 58.4 Å². The van der Waals surface area contributed by atoms with E-state index in [2.05, 4.69) is 27.4 Å². The minimum absolute atomic E-state index is 0.000700. The number of carbonyl (C=O) groups is 1. The van der Waals surface area contributed by atoms with Crippen molar-refractivity contribution in [3.63, 3.8) is 0 Å². The summed E-state index contributed by atoms with van der Waals surface area (Å²) in [4.78, 5) is 20.0. The summed E-state index contributed by atoms with van der Waals surface area (Å²) in [5.41, 5.74) is 1.33. The van der Waals surface area contributed by atoms with Gasteiger partial charge in [0.25, 0.3) is 0 Å². The third-order valence-electron chi connectivity index (χ3n) is 7.00. The molecule has 0 unspecified atom stereocenters. The van der Waals surface area contributed by atoms with Crippen molar-refractivity contribution < 1.29 is 19.0 Å². The van der Waals surface area contributed by atoms with Gasteiger partial charge in [0.1, 0.15) is 11.9 Å². The highest BCUT2D eigenvalue weighted by atomic mass is 32.1. The number of halogens is 1. The molecule has 0 aliphatic carbocycles. The third kappa shape index (κ3) is 6.13. The number of hydrogen-bond donors (Lipinski definition) is 1. The molecule has 1 saturated heterocycles. The van der Waals surface area contributed by atoms with Crippen LogP contribution in [0.1, 0.15) is 48.7 Å². The maximum atomic E-state index is 15.4. The van der Waals surface area contributed by atoms with Crippen LogP contribution < -0.4 is 4.74 Å². The normalized spacial score (nSPS) is 19.8. The Morgan fingerprint density at radius 3 is 2.97 bits per heavy atom. The Kier molecular flexibility index (Phi) is 8.51. The van der Waals surface area contributed by atoms with E-state index in [0.717, 1.165) is 49.7 Å². The molecular formula is C27H33FN2O3S. The number of pyridine rings is 1. The van der Waals surface area contributed by atoms with Crippen molar-refractivity contribution in [2.24, 2.45) is 11.8 Å². The van der Waals surface area contributed by atoms with E-state index in [9.17, 15) is 9.90 Å². The van der Waals surface area contributed by atoms with Crippen LogP contribution in [-0.2, 0) is 11.2 Å². The highest BCUT2D eigenvalue weighted by molar-refractivity contribution is 7.09. The molecule has 3 heterocycles. The zero-order valence-electron chi connectivity index (χ0n) is 19.7. The zero-order valence-corrected chi connectivity index (χ0v) is 20.5. The molecule has 34 heavy (non-hydrogen) atoms. The number of alkyl halides is 1. The second-order valence-electron chi connectivity index (χ2n) is 9.16. The number of likely N-dealkylation sites (tertiary alicyclic amines) is 1. The van der Waals surface area contributed by atoms with Gasteiger partial charge in [0, 0.05) is 23.0 Å². The number of aryl methyl sites for hydroxylation is 1. The lowest BCUT2D eigenvalue weighted by Gasteiger charge is -2.37.